The number of nitrogens with one attached hydrogen (secondary N) is 1. The number of rotatable bonds is 5. The zero-order chi connectivity index (χ0) is 10.6. The quantitative estimate of drug-likeness (QED) is 0.487. The summed E-state index contributed by atoms with van der Waals surface area (Å²) in [5, 5.41) is 0. The van der Waals surface area contributed by atoms with E-state index in [9.17, 15) is 0 Å². The third-order valence-electron chi connectivity index (χ3n) is 2.17. The summed E-state index contributed by atoms with van der Waals surface area (Å²) in [5.41, 5.74) is 2.80. The number of hydrazine groups is 1. The molecule has 3 N–H and O–H groups in total. The number of likely N-dealkylation sites (N-methyl/N-ethyl adjacent to an activating group) is 1. The third kappa shape index (κ3) is 3.10. The Bertz CT molecular complexity index is 268. The van der Waals surface area contributed by atoms with E-state index in [1.807, 2.05) is 31.9 Å². The van der Waals surface area contributed by atoms with Crippen LogP contribution in [0.5, 0.6) is 0 Å². The summed E-state index contributed by atoms with van der Waals surface area (Å²) in [4.78, 5) is 6.36. The van der Waals surface area contributed by atoms with Crippen LogP contribution in [0.1, 0.15) is 5.82 Å². The fourth-order valence-electron chi connectivity index (χ4n) is 1.43. The first-order valence-corrected chi connectivity index (χ1v) is 4.70. The van der Waals surface area contributed by atoms with Crippen LogP contribution in [0.2, 0.25) is 0 Å². The molecule has 80 valence electrons. The number of aromatic nitrogens is 2. The first-order chi connectivity index (χ1) is 6.63. The van der Waals surface area contributed by atoms with Crippen molar-refractivity contribution >= 4 is 0 Å². The van der Waals surface area contributed by atoms with E-state index in [4.69, 9.17) is 5.84 Å². The minimum atomic E-state index is 0.242. The number of imidazole rings is 1. The zero-order valence-corrected chi connectivity index (χ0v) is 9.07. The summed E-state index contributed by atoms with van der Waals surface area (Å²) in [7, 11) is 6.05. The molecule has 0 spiro atoms. The Hall–Kier alpha value is -0.910. The van der Waals surface area contributed by atoms with E-state index in [1.54, 1.807) is 6.20 Å². The number of hydrogen-bond acceptors (Lipinski definition) is 4. The van der Waals surface area contributed by atoms with Crippen molar-refractivity contribution in [3.63, 3.8) is 0 Å². The molecule has 0 fully saturated rings. The smallest absolute Gasteiger partial charge is 0.110 e. The SMILES string of the molecule is CN(C)CC(Cc1nccn1C)NN. The lowest BCUT2D eigenvalue weighted by atomic mass is 10.2. The maximum atomic E-state index is 5.47. The molecule has 1 atom stereocenters. The van der Waals surface area contributed by atoms with E-state index < -0.39 is 0 Å². The highest BCUT2D eigenvalue weighted by Crippen LogP contribution is 2.00. The minimum Gasteiger partial charge on any atom is -0.338 e. The molecular formula is C9H19N5. The van der Waals surface area contributed by atoms with Crippen LogP contribution in [-0.2, 0) is 13.5 Å². The topological polar surface area (TPSA) is 59.1 Å². The van der Waals surface area contributed by atoms with Crippen LogP contribution in [-0.4, -0.2) is 41.1 Å². The molecule has 1 heterocycles. The zero-order valence-electron chi connectivity index (χ0n) is 9.07. The standard InChI is InChI=1S/C9H19N5/c1-13(2)7-8(12-10)6-9-11-4-5-14(9)3/h4-5,8,12H,6-7,10H2,1-3H3. The summed E-state index contributed by atoms with van der Waals surface area (Å²) < 4.78 is 2.01. The summed E-state index contributed by atoms with van der Waals surface area (Å²) >= 11 is 0. The lowest BCUT2D eigenvalue weighted by molar-refractivity contribution is 0.334. The molecule has 0 aliphatic heterocycles. The molecule has 0 saturated carbocycles. The van der Waals surface area contributed by atoms with Crippen LogP contribution >= 0.6 is 0 Å². The van der Waals surface area contributed by atoms with Gasteiger partial charge in [-0.15, -0.1) is 0 Å². The third-order valence-corrected chi connectivity index (χ3v) is 2.17. The second-order valence-electron chi connectivity index (χ2n) is 3.78. The fourth-order valence-corrected chi connectivity index (χ4v) is 1.43. The molecule has 0 amide bonds. The Morgan fingerprint density at radius 1 is 1.64 bits per heavy atom. The van der Waals surface area contributed by atoms with Gasteiger partial charge in [-0.25, -0.2) is 4.98 Å². The van der Waals surface area contributed by atoms with E-state index in [0.717, 1.165) is 18.8 Å². The van der Waals surface area contributed by atoms with Gasteiger partial charge in [0, 0.05) is 38.4 Å². The number of aryl methyl sites for hydroxylation is 1. The average Bonchev–Trinajstić information content (AvgIpc) is 2.50. The molecule has 0 aliphatic carbocycles. The monoisotopic (exact) mass is 197 g/mol. The Balaban J connectivity index is 2.52. The molecule has 1 rings (SSSR count). The number of nitrogens with zero attached hydrogens (tertiary/aromatic N) is 3. The lowest BCUT2D eigenvalue weighted by Gasteiger charge is -2.19. The molecule has 14 heavy (non-hydrogen) atoms. The maximum absolute atomic E-state index is 5.47. The summed E-state index contributed by atoms with van der Waals surface area (Å²) in [5.74, 6) is 6.52. The second-order valence-corrected chi connectivity index (χ2v) is 3.78. The van der Waals surface area contributed by atoms with Crippen molar-refractivity contribution < 1.29 is 0 Å². The fraction of sp³-hybridized carbons (Fsp3) is 0.667. The van der Waals surface area contributed by atoms with Gasteiger partial charge in [0.25, 0.3) is 0 Å². The Labute approximate surface area is 84.9 Å². The van der Waals surface area contributed by atoms with Crippen LogP contribution in [0.3, 0.4) is 0 Å². The Morgan fingerprint density at radius 3 is 2.79 bits per heavy atom. The van der Waals surface area contributed by atoms with Gasteiger partial charge < -0.3 is 9.47 Å². The van der Waals surface area contributed by atoms with Crippen molar-refractivity contribution in [1.82, 2.24) is 19.9 Å². The van der Waals surface area contributed by atoms with Gasteiger partial charge in [0.05, 0.1) is 0 Å². The van der Waals surface area contributed by atoms with Crippen molar-refractivity contribution in [3.05, 3.63) is 18.2 Å². The highest BCUT2D eigenvalue weighted by atomic mass is 15.3. The van der Waals surface area contributed by atoms with E-state index in [0.29, 0.717) is 0 Å². The molecule has 0 radical (unpaired) electrons. The van der Waals surface area contributed by atoms with Gasteiger partial charge in [0.2, 0.25) is 0 Å². The molecule has 0 aromatic carbocycles. The van der Waals surface area contributed by atoms with Crippen LogP contribution in [0.15, 0.2) is 12.4 Å². The number of hydrogen-bond donors (Lipinski definition) is 2. The van der Waals surface area contributed by atoms with Gasteiger partial charge >= 0.3 is 0 Å². The van der Waals surface area contributed by atoms with E-state index in [2.05, 4.69) is 15.3 Å². The predicted molar refractivity (Wildman–Crippen MR) is 56.6 cm³/mol. The second kappa shape index (κ2) is 5.09. The van der Waals surface area contributed by atoms with Gasteiger partial charge in [0.1, 0.15) is 5.82 Å². The van der Waals surface area contributed by atoms with Crippen molar-refractivity contribution in [3.8, 4) is 0 Å². The normalized spacial score (nSPS) is 13.5. The van der Waals surface area contributed by atoms with Crippen molar-refractivity contribution in [1.29, 1.82) is 0 Å². The average molecular weight is 197 g/mol. The maximum Gasteiger partial charge on any atom is 0.110 e. The van der Waals surface area contributed by atoms with Gasteiger partial charge in [-0.2, -0.15) is 0 Å². The Kier molecular flexibility index (Phi) is 4.06. The first kappa shape index (κ1) is 11.2. The molecule has 0 saturated heterocycles. The number of nitrogens with two attached hydrogens (primary N) is 1. The van der Waals surface area contributed by atoms with Gasteiger partial charge in [-0.1, -0.05) is 0 Å². The molecule has 1 unspecified atom stereocenters. The first-order valence-electron chi connectivity index (χ1n) is 4.70. The van der Waals surface area contributed by atoms with Gasteiger partial charge in [0.15, 0.2) is 0 Å². The molecule has 0 bridgehead atoms. The summed E-state index contributed by atoms with van der Waals surface area (Å²) in [6, 6.07) is 0.242. The Morgan fingerprint density at radius 2 is 2.36 bits per heavy atom. The van der Waals surface area contributed by atoms with Gasteiger partial charge in [-0.3, -0.25) is 11.3 Å². The molecule has 0 aliphatic rings. The van der Waals surface area contributed by atoms with Crippen LogP contribution < -0.4 is 11.3 Å². The molecule has 1 aromatic rings. The molecular weight excluding hydrogens is 178 g/mol. The molecule has 5 heteroatoms. The lowest BCUT2D eigenvalue weighted by Crippen LogP contribution is -2.44. The van der Waals surface area contributed by atoms with Crippen molar-refractivity contribution in [2.75, 3.05) is 20.6 Å². The summed E-state index contributed by atoms with van der Waals surface area (Å²) in [6.07, 6.45) is 4.59. The van der Waals surface area contributed by atoms with Gasteiger partial charge in [-0.05, 0) is 14.1 Å². The predicted octanol–water partition coefficient (Wildman–Crippen LogP) is -0.644. The van der Waals surface area contributed by atoms with E-state index in [-0.39, 0.29) is 6.04 Å². The largest absolute Gasteiger partial charge is 0.338 e. The highest BCUT2D eigenvalue weighted by Gasteiger charge is 2.11. The van der Waals surface area contributed by atoms with Crippen LogP contribution in [0.4, 0.5) is 0 Å². The van der Waals surface area contributed by atoms with Crippen LogP contribution in [0, 0.1) is 0 Å². The van der Waals surface area contributed by atoms with E-state index in [1.165, 1.54) is 0 Å². The van der Waals surface area contributed by atoms with Crippen molar-refractivity contribution in [2.45, 2.75) is 12.5 Å². The van der Waals surface area contributed by atoms with E-state index >= 15 is 0 Å². The summed E-state index contributed by atoms with van der Waals surface area (Å²) in [6.45, 7) is 0.906. The highest BCUT2D eigenvalue weighted by molar-refractivity contribution is 4.94. The molecule has 1 aromatic heterocycles. The van der Waals surface area contributed by atoms with Crippen molar-refractivity contribution in [2.24, 2.45) is 12.9 Å². The minimum absolute atomic E-state index is 0.242. The molecule has 5 nitrogen and oxygen atoms in total. The van der Waals surface area contributed by atoms with Crippen LogP contribution in [0.25, 0.3) is 0 Å².